The molecule has 0 saturated heterocycles. The largest absolute Gasteiger partial charge is 0.354 e. The molecule has 0 aliphatic carbocycles. The second kappa shape index (κ2) is 11.2. The zero-order valence-electron chi connectivity index (χ0n) is 16.7. The molecule has 1 unspecified atom stereocenters. The summed E-state index contributed by atoms with van der Waals surface area (Å²) in [7, 11) is 0. The summed E-state index contributed by atoms with van der Waals surface area (Å²) in [5.41, 5.74) is 1.79. The lowest BCUT2D eigenvalue weighted by molar-refractivity contribution is -0.141. The van der Waals surface area contributed by atoms with E-state index in [9.17, 15) is 14.0 Å². The molecule has 0 saturated carbocycles. The van der Waals surface area contributed by atoms with Gasteiger partial charge in [-0.2, -0.15) is 0 Å². The first-order valence-corrected chi connectivity index (χ1v) is 9.90. The Labute approximate surface area is 166 Å². The van der Waals surface area contributed by atoms with E-state index in [1.165, 1.54) is 12.1 Å². The highest BCUT2D eigenvalue weighted by Gasteiger charge is 2.29. The SMILES string of the molecule is CCCCNC(=O)C(Cc1ccccc1)N(Cc1ccc(F)cc1)C(=O)CC. The minimum Gasteiger partial charge on any atom is -0.354 e. The molecule has 150 valence electrons. The van der Waals surface area contributed by atoms with Gasteiger partial charge in [-0.25, -0.2) is 4.39 Å². The number of carbonyl (C=O) groups excluding carboxylic acids is 2. The number of nitrogens with zero attached hydrogens (tertiary/aromatic N) is 1. The van der Waals surface area contributed by atoms with Gasteiger partial charge in [0, 0.05) is 25.9 Å². The lowest BCUT2D eigenvalue weighted by Gasteiger charge is -2.31. The van der Waals surface area contributed by atoms with Crippen LogP contribution in [-0.2, 0) is 22.6 Å². The minimum atomic E-state index is -0.614. The number of amides is 2. The molecule has 0 spiro atoms. The number of rotatable bonds is 10. The van der Waals surface area contributed by atoms with Crippen LogP contribution < -0.4 is 5.32 Å². The topological polar surface area (TPSA) is 49.4 Å². The third-order valence-electron chi connectivity index (χ3n) is 4.67. The standard InChI is InChI=1S/C23H29FN2O2/c1-3-5-15-25-23(28)21(16-18-9-7-6-8-10-18)26(22(27)4-2)17-19-11-13-20(24)14-12-19/h6-14,21H,3-5,15-17H2,1-2H3,(H,25,28). The molecule has 28 heavy (non-hydrogen) atoms. The Morgan fingerprint density at radius 3 is 2.29 bits per heavy atom. The summed E-state index contributed by atoms with van der Waals surface area (Å²) in [6.45, 7) is 4.71. The van der Waals surface area contributed by atoms with E-state index >= 15 is 0 Å². The Morgan fingerprint density at radius 2 is 1.68 bits per heavy atom. The maximum atomic E-state index is 13.3. The molecule has 0 heterocycles. The Bertz CT molecular complexity index is 747. The van der Waals surface area contributed by atoms with Crippen molar-refractivity contribution >= 4 is 11.8 Å². The Morgan fingerprint density at radius 1 is 1.00 bits per heavy atom. The Hall–Kier alpha value is -2.69. The molecule has 2 rings (SSSR count). The van der Waals surface area contributed by atoms with E-state index in [1.54, 1.807) is 24.0 Å². The van der Waals surface area contributed by atoms with Crippen LogP contribution in [0.5, 0.6) is 0 Å². The molecule has 0 aliphatic heterocycles. The second-order valence-corrected chi connectivity index (χ2v) is 6.85. The normalized spacial score (nSPS) is 11.7. The first kappa shape index (κ1) is 21.6. The number of carbonyl (C=O) groups is 2. The average molecular weight is 384 g/mol. The zero-order chi connectivity index (χ0) is 20.4. The molecule has 0 radical (unpaired) electrons. The maximum absolute atomic E-state index is 13.3. The molecule has 1 N–H and O–H groups in total. The highest BCUT2D eigenvalue weighted by Crippen LogP contribution is 2.16. The van der Waals surface area contributed by atoms with Crippen molar-refractivity contribution in [3.05, 3.63) is 71.5 Å². The van der Waals surface area contributed by atoms with Crippen molar-refractivity contribution in [2.45, 2.75) is 52.1 Å². The molecule has 0 aromatic heterocycles. The summed E-state index contributed by atoms with van der Waals surface area (Å²) in [6, 6.07) is 15.1. The predicted molar refractivity (Wildman–Crippen MR) is 109 cm³/mol. The van der Waals surface area contributed by atoms with Crippen molar-refractivity contribution in [1.29, 1.82) is 0 Å². The van der Waals surface area contributed by atoms with E-state index < -0.39 is 6.04 Å². The van der Waals surface area contributed by atoms with Gasteiger partial charge in [-0.3, -0.25) is 9.59 Å². The number of benzene rings is 2. The molecule has 2 aromatic rings. The minimum absolute atomic E-state index is 0.101. The van der Waals surface area contributed by atoms with Gasteiger partial charge in [0.25, 0.3) is 0 Å². The Balaban J connectivity index is 2.28. The van der Waals surface area contributed by atoms with Gasteiger partial charge in [-0.05, 0) is 29.7 Å². The number of halogens is 1. The lowest BCUT2D eigenvalue weighted by Crippen LogP contribution is -2.50. The molecule has 0 fully saturated rings. The molecule has 1 atom stereocenters. The number of hydrogen-bond acceptors (Lipinski definition) is 2. The predicted octanol–water partition coefficient (Wildman–Crippen LogP) is 4.09. The van der Waals surface area contributed by atoms with Crippen LogP contribution in [0.15, 0.2) is 54.6 Å². The third-order valence-corrected chi connectivity index (χ3v) is 4.67. The highest BCUT2D eigenvalue weighted by atomic mass is 19.1. The molecule has 0 bridgehead atoms. The molecule has 5 heteroatoms. The molecular weight excluding hydrogens is 355 g/mol. The molecule has 2 aromatic carbocycles. The van der Waals surface area contributed by atoms with Gasteiger partial charge < -0.3 is 10.2 Å². The zero-order valence-corrected chi connectivity index (χ0v) is 16.7. The van der Waals surface area contributed by atoms with Crippen molar-refractivity contribution in [3.63, 3.8) is 0 Å². The van der Waals surface area contributed by atoms with E-state index in [0.717, 1.165) is 24.0 Å². The maximum Gasteiger partial charge on any atom is 0.243 e. The van der Waals surface area contributed by atoms with E-state index in [2.05, 4.69) is 12.2 Å². The Kier molecular flexibility index (Phi) is 8.66. The fourth-order valence-electron chi connectivity index (χ4n) is 3.05. The fourth-order valence-corrected chi connectivity index (χ4v) is 3.05. The molecular formula is C23H29FN2O2. The van der Waals surface area contributed by atoms with Gasteiger partial charge in [0.05, 0.1) is 0 Å². The van der Waals surface area contributed by atoms with E-state index in [0.29, 0.717) is 19.4 Å². The number of hydrogen-bond donors (Lipinski definition) is 1. The van der Waals surface area contributed by atoms with Gasteiger partial charge in [-0.15, -0.1) is 0 Å². The summed E-state index contributed by atoms with van der Waals surface area (Å²) in [5.74, 6) is -0.577. The van der Waals surface area contributed by atoms with Gasteiger partial charge >= 0.3 is 0 Å². The summed E-state index contributed by atoms with van der Waals surface area (Å²) in [4.78, 5) is 27.3. The van der Waals surface area contributed by atoms with Crippen LogP contribution in [-0.4, -0.2) is 29.3 Å². The lowest BCUT2D eigenvalue weighted by atomic mass is 10.0. The van der Waals surface area contributed by atoms with Crippen LogP contribution in [0.1, 0.15) is 44.2 Å². The van der Waals surface area contributed by atoms with Crippen LogP contribution in [0, 0.1) is 5.82 Å². The van der Waals surface area contributed by atoms with Gasteiger partial charge in [0.1, 0.15) is 11.9 Å². The van der Waals surface area contributed by atoms with Crippen molar-refractivity contribution < 1.29 is 14.0 Å². The first-order chi connectivity index (χ1) is 13.5. The van der Waals surface area contributed by atoms with Gasteiger partial charge in [-0.1, -0.05) is 62.7 Å². The first-order valence-electron chi connectivity index (χ1n) is 9.90. The van der Waals surface area contributed by atoms with E-state index in [1.807, 2.05) is 30.3 Å². The summed E-state index contributed by atoms with van der Waals surface area (Å²) < 4.78 is 13.3. The quantitative estimate of drug-likeness (QED) is 0.627. The summed E-state index contributed by atoms with van der Waals surface area (Å²) in [5, 5.41) is 2.97. The van der Waals surface area contributed by atoms with Crippen molar-refractivity contribution in [2.24, 2.45) is 0 Å². The molecule has 0 aliphatic rings. The van der Waals surface area contributed by atoms with Crippen LogP contribution in [0.4, 0.5) is 4.39 Å². The number of nitrogens with one attached hydrogen (secondary N) is 1. The van der Waals surface area contributed by atoms with E-state index in [-0.39, 0.29) is 24.2 Å². The molecule has 4 nitrogen and oxygen atoms in total. The van der Waals surface area contributed by atoms with E-state index in [4.69, 9.17) is 0 Å². The van der Waals surface area contributed by atoms with Gasteiger partial charge in [0.2, 0.25) is 11.8 Å². The monoisotopic (exact) mass is 384 g/mol. The van der Waals surface area contributed by atoms with Crippen LogP contribution in [0.3, 0.4) is 0 Å². The van der Waals surface area contributed by atoms with Crippen LogP contribution in [0.2, 0.25) is 0 Å². The van der Waals surface area contributed by atoms with Crippen molar-refractivity contribution in [3.8, 4) is 0 Å². The fraction of sp³-hybridized carbons (Fsp3) is 0.391. The average Bonchev–Trinajstić information content (AvgIpc) is 2.72. The van der Waals surface area contributed by atoms with Crippen LogP contribution in [0.25, 0.3) is 0 Å². The summed E-state index contributed by atoms with van der Waals surface area (Å²) >= 11 is 0. The van der Waals surface area contributed by atoms with Gasteiger partial charge in [0.15, 0.2) is 0 Å². The second-order valence-electron chi connectivity index (χ2n) is 6.85. The highest BCUT2D eigenvalue weighted by molar-refractivity contribution is 5.87. The number of unbranched alkanes of at least 4 members (excludes halogenated alkanes) is 1. The summed E-state index contributed by atoms with van der Waals surface area (Å²) in [6.07, 6.45) is 2.61. The smallest absolute Gasteiger partial charge is 0.243 e. The molecule has 2 amide bonds. The third kappa shape index (κ3) is 6.48. The van der Waals surface area contributed by atoms with Crippen molar-refractivity contribution in [1.82, 2.24) is 10.2 Å². The van der Waals surface area contributed by atoms with Crippen LogP contribution >= 0.6 is 0 Å². The van der Waals surface area contributed by atoms with Crippen molar-refractivity contribution in [2.75, 3.05) is 6.54 Å².